The molecule has 0 unspecified atom stereocenters. The Hall–Kier alpha value is -2.73. The van der Waals surface area contributed by atoms with E-state index in [-0.39, 0.29) is 6.04 Å². The first-order chi connectivity index (χ1) is 14.4. The molecule has 2 aliphatic rings. The number of nitrogens with zero attached hydrogens (tertiary/aromatic N) is 6. The number of aromatic nitrogens is 4. The second-order valence-electron chi connectivity index (χ2n) is 8.09. The summed E-state index contributed by atoms with van der Waals surface area (Å²) < 4.78 is 2.12. The van der Waals surface area contributed by atoms with Crippen LogP contribution >= 0.6 is 0 Å². The van der Waals surface area contributed by atoms with Gasteiger partial charge in [0.2, 0.25) is 0 Å². The van der Waals surface area contributed by atoms with E-state index >= 15 is 0 Å². The van der Waals surface area contributed by atoms with Gasteiger partial charge in [0.15, 0.2) is 5.82 Å². The average molecular weight is 389 g/mol. The molecule has 1 aliphatic carbocycles. The van der Waals surface area contributed by atoms with Gasteiger partial charge in [0, 0.05) is 31.9 Å². The fourth-order valence-corrected chi connectivity index (χ4v) is 4.83. The standard InChI is InChI=1S/C23H28N6/c1-3-9-19(10-4-1)22(23-24-25-26-29(23)21-13-7-8-14-21)28-17-15-27(16-18-28)20-11-5-2-6-12-20/h1-6,9-12,21-22H,7-8,13-18H2/t22-/m0/s1. The van der Waals surface area contributed by atoms with Crippen molar-refractivity contribution in [1.82, 2.24) is 25.1 Å². The van der Waals surface area contributed by atoms with Gasteiger partial charge in [-0.2, -0.15) is 0 Å². The van der Waals surface area contributed by atoms with Crippen molar-refractivity contribution < 1.29 is 0 Å². The van der Waals surface area contributed by atoms with Crippen LogP contribution in [0.2, 0.25) is 0 Å². The quantitative estimate of drug-likeness (QED) is 0.667. The molecule has 6 heteroatoms. The van der Waals surface area contributed by atoms with Gasteiger partial charge in [-0.05, 0) is 41.0 Å². The number of hydrogen-bond acceptors (Lipinski definition) is 5. The van der Waals surface area contributed by atoms with Crippen LogP contribution in [0.15, 0.2) is 60.7 Å². The molecular formula is C23H28N6. The molecule has 0 spiro atoms. The Morgan fingerprint density at radius 1 is 0.793 bits per heavy atom. The van der Waals surface area contributed by atoms with Crippen molar-refractivity contribution in [3.8, 4) is 0 Å². The number of hydrogen-bond donors (Lipinski definition) is 0. The SMILES string of the molecule is c1ccc([C@@H](c2nnnn2C2CCCC2)N2CCN(c3ccccc3)CC2)cc1. The minimum absolute atomic E-state index is 0.102. The largest absolute Gasteiger partial charge is 0.369 e. The van der Waals surface area contributed by atoms with E-state index in [0.29, 0.717) is 6.04 Å². The van der Waals surface area contributed by atoms with Crippen LogP contribution in [0.4, 0.5) is 5.69 Å². The summed E-state index contributed by atoms with van der Waals surface area (Å²) in [7, 11) is 0. The molecule has 1 saturated heterocycles. The van der Waals surface area contributed by atoms with Gasteiger partial charge in [0.25, 0.3) is 0 Å². The zero-order valence-corrected chi connectivity index (χ0v) is 16.8. The third-order valence-electron chi connectivity index (χ3n) is 6.35. The minimum Gasteiger partial charge on any atom is -0.369 e. The van der Waals surface area contributed by atoms with Crippen LogP contribution < -0.4 is 4.90 Å². The zero-order chi connectivity index (χ0) is 19.5. The maximum absolute atomic E-state index is 4.54. The van der Waals surface area contributed by atoms with Crippen LogP contribution in [-0.4, -0.2) is 51.3 Å². The van der Waals surface area contributed by atoms with Gasteiger partial charge in [0.1, 0.15) is 0 Å². The Balaban J connectivity index is 1.42. The van der Waals surface area contributed by atoms with Crippen molar-refractivity contribution in [2.24, 2.45) is 0 Å². The molecule has 29 heavy (non-hydrogen) atoms. The van der Waals surface area contributed by atoms with Crippen molar-refractivity contribution >= 4 is 5.69 Å². The second-order valence-corrected chi connectivity index (χ2v) is 8.09. The first kappa shape index (κ1) is 18.3. The lowest BCUT2D eigenvalue weighted by Gasteiger charge is -2.40. The van der Waals surface area contributed by atoms with Gasteiger partial charge >= 0.3 is 0 Å². The van der Waals surface area contributed by atoms with E-state index in [0.717, 1.165) is 32.0 Å². The Labute approximate surface area is 172 Å². The molecular weight excluding hydrogens is 360 g/mol. The molecule has 1 saturated carbocycles. The lowest BCUT2D eigenvalue weighted by molar-refractivity contribution is 0.197. The molecule has 5 rings (SSSR count). The van der Waals surface area contributed by atoms with E-state index < -0.39 is 0 Å². The summed E-state index contributed by atoms with van der Waals surface area (Å²) in [5.41, 5.74) is 2.58. The fraction of sp³-hybridized carbons (Fsp3) is 0.435. The predicted molar refractivity (Wildman–Crippen MR) is 114 cm³/mol. The molecule has 1 aromatic heterocycles. The van der Waals surface area contributed by atoms with Crippen molar-refractivity contribution in [3.63, 3.8) is 0 Å². The van der Waals surface area contributed by atoms with Crippen LogP contribution in [0.25, 0.3) is 0 Å². The van der Waals surface area contributed by atoms with E-state index in [2.05, 4.69) is 90.7 Å². The summed E-state index contributed by atoms with van der Waals surface area (Å²) in [5, 5.41) is 13.1. The topological polar surface area (TPSA) is 50.1 Å². The molecule has 150 valence electrons. The van der Waals surface area contributed by atoms with E-state index in [1.165, 1.54) is 36.9 Å². The van der Waals surface area contributed by atoms with Crippen LogP contribution in [0.1, 0.15) is 49.2 Å². The predicted octanol–water partition coefficient (Wildman–Crippen LogP) is 3.70. The number of anilines is 1. The molecule has 1 aliphatic heterocycles. The maximum atomic E-state index is 4.54. The molecule has 0 amide bonds. The van der Waals surface area contributed by atoms with Crippen LogP contribution in [-0.2, 0) is 0 Å². The lowest BCUT2D eigenvalue weighted by Crippen LogP contribution is -2.48. The minimum atomic E-state index is 0.102. The summed E-state index contributed by atoms with van der Waals surface area (Å²) in [6.07, 6.45) is 4.91. The summed E-state index contributed by atoms with van der Waals surface area (Å²) in [6, 6.07) is 22.0. The average Bonchev–Trinajstić information content (AvgIpc) is 3.48. The number of piperazine rings is 1. The number of benzene rings is 2. The Morgan fingerprint density at radius 3 is 2.14 bits per heavy atom. The lowest BCUT2D eigenvalue weighted by atomic mass is 10.0. The summed E-state index contributed by atoms with van der Waals surface area (Å²) in [5.74, 6) is 0.997. The van der Waals surface area contributed by atoms with Gasteiger partial charge in [-0.25, -0.2) is 4.68 Å². The molecule has 6 nitrogen and oxygen atoms in total. The van der Waals surface area contributed by atoms with Gasteiger partial charge in [-0.15, -0.1) is 5.10 Å². The summed E-state index contributed by atoms with van der Waals surface area (Å²) in [4.78, 5) is 5.02. The van der Waals surface area contributed by atoms with Gasteiger partial charge in [-0.3, -0.25) is 4.90 Å². The number of para-hydroxylation sites is 1. The molecule has 0 radical (unpaired) electrons. The fourth-order valence-electron chi connectivity index (χ4n) is 4.83. The van der Waals surface area contributed by atoms with Crippen LogP contribution in [0.3, 0.4) is 0 Å². The smallest absolute Gasteiger partial charge is 0.173 e. The third kappa shape index (κ3) is 3.77. The van der Waals surface area contributed by atoms with Gasteiger partial charge in [-0.1, -0.05) is 61.4 Å². The van der Waals surface area contributed by atoms with E-state index in [1.807, 2.05) is 0 Å². The highest BCUT2D eigenvalue weighted by atomic mass is 15.6. The third-order valence-corrected chi connectivity index (χ3v) is 6.35. The van der Waals surface area contributed by atoms with Crippen molar-refractivity contribution in [2.75, 3.05) is 31.1 Å². The van der Waals surface area contributed by atoms with Gasteiger partial charge < -0.3 is 4.90 Å². The Morgan fingerprint density at radius 2 is 1.45 bits per heavy atom. The Kier molecular flexibility index (Phi) is 5.26. The normalized spacial score (nSPS) is 19.5. The van der Waals surface area contributed by atoms with Gasteiger partial charge in [0.05, 0.1) is 12.1 Å². The molecule has 0 bridgehead atoms. The van der Waals surface area contributed by atoms with Crippen LogP contribution in [0.5, 0.6) is 0 Å². The van der Waals surface area contributed by atoms with Crippen LogP contribution in [0, 0.1) is 0 Å². The molecule has 2 aromatic carbocycles. The molecule has 3 aromatic rings. The molecule has 2 fully saturated rings. The van der Waals surface area contributed by atoms with Crippen molar-refractivity contribution in [2.45, 2.75) is 37.8 Å². The summed E-state index contributed by atoms with van der Waals surface area (Å²) in [6.45, 7) is 4.01. The molecule has 0 N–H and O–H groups in total. The highest BCUT2D eigenvalue weighted by molar-refractivity contribution is 5.46. The number of tetrazole rings is 1. The molecule has 1 atom stereocenters. The van der Waals surface area contributed by atoms with E-state index in [9.17, 15) is 0 Å². The maximum Gasteiger partial charge on any atom is 0.173 e. The van der Waals surface area contributed by atoms with Crippen molar-refractivity contribution in [3.05, 3.63) is 72.1 Å². The zero-order valence-electron chi connectivity index (χ0n) is 16.8. The highest BCUT2D eigenvalue weighted by Crippen LogP contribution is 2.34. The first-order valence-corrected chi connectivity index (χ1v) is 10.8. The second kappa shape index (κ2) is 8.33. The first-order valence-electron chi connectivity index (χ1n) is 10.8. The summed E-state index contributed by atoms with van der Waals surface area (Å²) >= 11 is 0. The Bertz CT molecular complexity index is 895. The van der Waals surface area contributed by atoms with E-state index in [1.54, 1.807) is 0 Å². The van der Waals surface area contributed by atoms with Crippen molar-refractivity contribution in [1.29, 1.82) is 0 Å². The monoisotopic (exact) mass is 388 g/mol. The molecule has 2 heterocycles. The number of rotatable bonds is 5. The highest BCUT2D eigenvalue weighted by Gasteiger charge is 2.32. The van der Waals surface area contributed by atoms with E-state index in [4.69, 9.17) is 0 Å².